The molecule has 2 aromatic heterocycles. The third-order valence-electron chi connectivity index (χ3n) is 3.63. The Labute approximate surface area is 133 Å². The largest absolute Gasteiger partial charge is 0.478 e. The molecular weight excluding hydrogens is 292 g/mol. The number of hydrogen-bond donors (Lipinski definition) is 1. The Hall–Kier alpha value is -3.02. The lowest BCUT2D eigenvalue weighted by molar-refractivity contribution is 0.0696. The molecule has 116 valence electrons. The van der Waals surface area contributed by atoms with Crippen molar-refractivity contribution in [1.29, 1.82) is 0 Å². The molecule has 0 radical (unpaired) electrons. The molecular formula is C17H16N4O2. The SMILES string of the molecule is Cc1ccc(C)c(N=Nc2c(C)nc3ccc(C(=O)O)cn23)c1. The topological polar surface area (TPSA) is 79.3 Å². The van der Waals surface area contributed by atoms with Gasteiger partial charge in [0.15, 0.2) is 5.82 Å². The van der Waals surface area contributed by atoms with Gasteiger partial charge in [-0.15, -0.1) is 10.2 Å². The van der Waals surface area contributed by atoms with E-state index < -0.39 is 5.97 Å². The van der Waals surface area contributed by atoms with Crippen LogP contribution in [-0.4, -0.2) is 20.5 Å². The fourth-order valence-corrected chi connectivity index (χ4v) is 2.33. The van der Waals surface area contributed by atoms with Gasteiger partial charge in [0.25, 0.3) is 0 Å². The van der Waals surface area contributed by atoms with Crippen molar-refractivity contribution in [1.82, 2.24) is 9.38 Å². The van der Waals surface area contributed by atoms with Crippen LogP contribution in [0.5, 0.6) is 0 Å². The van der Waals surface area contributed by atoms with Crippen molar-refractivity contribution in [2.45, 2.75) is 20.8 Å². The first-order valence-corrected chi connectivity index (χ1v) is 7.16. The second-order valence-electron chi connectivity index (χ2n) is 5.46. The van der Waals surface area contributed by atoms with Crippen molar-refractivity contribution >= 4 is 23.1 Å². The zero-order chi connectivity index (χ0) is 16.6. The zero-order valence-corrected chi connectivity index (χ0v) is 13.1. The predicted octanol–water partition coefficient (Wildman–Crippen LogP) is 4.37. The van der Waals surface area contributed by atoms with Crippen LogP contribution in [0, 0.1) is 20.8 Å². The quantitative estimate of drug-likeness (QED) is 0.729. The molecule has 0 bridgehead atoms. The molecule has 1 N–H and O–H groups in total. The number of hydrogen-bond acceptors (Lipinski definition) is 4. The molecule has 3 rings (SSSR count). The van der Waals surface area contributed by atoms with Gasteiger partial charge in [-0.25, -0.2) is 9.78 Å². The lowest BCUT2D eigenvalue weighted by Crippen LogP contribution is -1.98. The van der Waals surface area contributed by atoms with Crippen LogP contribution in [0.4, 0.5) is 11.5 Å². The summed E-state index contributed by atoms with van der Waals surface area (Å²) in [4.78, 5) is 15.5. The molecule has 0 aliphatic rings. The minimum atomic E-state index is -0.990. The van der Waals surface area contributed by atoms with Crippen molar-refractivity contribution < 1.29 is 9.90 Å². The number of aromatic carboxylic acids is 1. The van der Waals surface area contributed by atoms with Gasteiger partial charge in [0, 0.05) is 6.20 Å². The van der Waals surface area contributed by atoms with Crippen molar-refractivity contribution in [2.24, 2.45) is 10.2 Å². The molecule has 0 unspecified atom stereocenters. The van der Waals surface area contributed by atoms with Crippen molar-refractivity contribution in [2.75, 3.05) is 0 Å². The summed E-state index contributed by atoms with van der Waals surface area (Å²) in [6.45, 7) is 5.79. The first-order valence-electron chi connectivity index (χ1n) is 7.16. The molecule has 6 nitrogen and oxygen atoms in total. The minimum Gasteiger partial charge on any atom is -0.478 e. The van der Waals surface area contributed by atoms with Crippen molar-refractivity contribution in [3.05, 3.63) is 58.9 Å². The van der Waals surface area contributed by atoms with E-state index in [1.54, 1.807) is 10.5 Å². The van der Waals surface area contributed by atoms with Gasteiger partial charge < -0.3 is 5.11 Å². The Balaban J connectivity index is 2.10. The minimum absolute atomic E-state index is 0.179. The zero-order valence-electron chi connectivity index (χ0n) is 13.1. The Kier molecular flexibility index (Phi) is 3.65. The molecule has 23 heavy (non-hydrogen) atoms. The molecule has 3 aromatic rings. The molecule has 0 saturated carbocycles. The number of carbonyl (C=O) groups is 1. The summed E-state index contributed by atoms with van der Waals surface area (Å²) in [5.41, 5.74) is 4.43. The maximum Gasteiger partial charge on any atom is 0.337 e. The Bertz CT molecular complexity index is 941. The van der Waals surface area contributed by atoms with E-state index in [1.165, 1.54) is 12.3 Å². The van der Waals surface area contributed by atoms with Gasteiger partial charge in [0.05, 0.1) is 16.9 Å². The molecule has 0 saturated heterocycles. The maximum atomic E-state index is 11.1. The van der Waals surface area contributed by atoms with Gasteiger partial charge >= 0.3 is 5.97 Å². The number of benzene rings is 1. The highest BCUT2D eigenvalue weighted by atomic mass is 16.4. The van der Waals surface area contributed by atoms with Crippen LogP contribution in [0.2, 0.25) is 0 Å². The van der Waals surface area contributed by atoms with Gasteiger partial charge in [-0.3, -0.25) is 4.40 Å². The predicted molar refractivity (Wildman–Crippen MR) is 87.0 cm³/mol. The monoisotopic (exact) mass is 308 g/mol. The highest BCUT2D eigenvalue weighted by molar-refractivity contribution is 5.87. The summed E-state index contributed by atoms with van der Waals surface area (Å²) in [6.07, 6.45) is 1.51. The van der Waals surface area contributed by atoms with Gasteiger partial charge in [0.1, 0.15) is 5.65 Å². The van der Waals surface area contributed by atoms with Gasteiger partial charge in [-0.05, 0) is 50.1 Å². The van der Waals surface area contributed by atoms with E-state index in [9.17, 15) is 4.79 Å². The number of carboxylic acid groups (broad SMARTS) is 1. The lowest BCUT2D eigenvalue weighted by Gasteiger charge is -2.01. The number of carboxylic acids is 1. The lowest BCUT2D eigenvalue weighted by atomic mass is 10.1. The molecule has 1 aromatic carbocycles. The third kappa shape index (κ3) is 2.83. The van der Waals surface area contributed by atoms with E-state index in [-0.39, 0.29) is 5.56 Å². The van der Waals surface area contributed by atoms with Crippen LogP contribution in [0.3, 0.4) is 0 Å². The number of azo groups is 1. The number of aromatic nitrogens is 2. The molecule has 0 fully saturated rings. The maximum absolute atomic E-state index is 11.1. The smallest absolute Gasteiger partial charge is 0.337 e. The molecule has 6 heteroatoms. The van der Waals surface area contributed by atoms with Crippen molar-refractivity contribution in [3.8, 4) is 0 Å². The highest BCUT2D eigenvalue weighted by Crippen LogP contribution is 2.26. The summed E-state index contributed by atoms with van der Waals surface area (Å²) in [6, 6.07) is 9.16. The van der Waals surface area contributed by atoms with E-state index in [1.807, 2.05) is 39.0 Å². The first kappa shape index (κ1) is 14.9. The Morgan fingerprint density at radius 1 is 1.13 bits per heavy atom. The second kappa shape index (κ2) is 5.64. The van der Waals surface area contributed by atoms with Crippen LogP contribution in [0.1, 0.15) is 27.2 Å². The number of aryl methyl sites for hydroxylation is 3. The molecule has 2 heterocycles. The Morgan fingerprint density at radius 3 is 2.65 bits per heavy atom. The first-order chi connectivity index (χ1) is 11.0. The normalized spacial score (nSPS) is 11.4. The van der Waals surface area contributed by atoms with Gasteiger partial charge in [-0.2, -0.15) is 0 Å². The van der Waals surface area contributed by atoms with Crippen LogP contribution in [0.25, 0.3) is 5.65 Å². The summed E-state index contributed by atoms with van der Waals surface area (Å²) < 4.78 is 1.65. The molecule has 0 atom stereocenters. The second-order valence-corrected chi connectivity index (χ2v) is 5.46. The van der Waals surface area contributed by atoms with Crippen LogP contribution in [-0.2, 0) is 0 Å². The summed E-state index contributed by atoms with van der Waals surface area (Å²) >= 11 is 0. The standard InChI is InChI=1S/C17H16N4O2/c1-10-4-5-11(2)14(8-10)19-20-16-12(3)18-15-7-6-13(17(22)23)9-21(15)16/h4-9H,1-3H3,(H,22,23). The molecule has 0 spiro atoms. The molecule has 0 aliphatic heterocycles. The molecule has 0 amide bonds. The Morgan fingerprint density at radius 2 is 1.91 bits per heavy atom. The fraction of sp³-hybridized carbons (Fsp3) is 0.176. The van der Waals surface area contributed by atoms with Crippen LogP contribution in [0.15, 0.2) is 46.8 Å². The van der Waals surface area contributed by atoms with Crippen molar-refractivity contribution in [3.63, 3.8) is 0 Å². The highest BCUT2D eigenvalue weighted by Gasteiger charge is 2.11. The summed E-state index contributed by atoms with van der Waals surface area (Å²) in [5, 5.41) is 17.7. The number of pyridine rings is 1. The van der Waals surface area contributed by atoms with Crippen LogP contribution < -0.4 is 0 Å². The van der Waals surface area contributed by atoms with E-state index in [2.05, 4.69) is 15.2 Å². The van der Waals surface area contributed by atoms with E-state index in [0.717, 1.165) is 16.8 Å². The third-order valence-corrected chi connectivity index (χ3v) is 3.63. The molecule has 0 aliphatic carbocycles. The summed E-state index contributed by atoms with van der Waals surface area (Å²) in [7, 11) is 0. The number of fused-ring (bicyclic) bond motifs is 1. The summed E-state index contributed by atoms with van der Waals surface area (Å²) in [5.74, 6) is -0.459. The fourth-order valence-electron chi connectivity index (χ4n) is 2.33. The number of rotatable bonds is 3. The van der Waals surface area contributed by atoms with Crippen LogP contribution >= 0.6 is 0 Å². The average molecular weight is 308 g/mol. The average Bonchev–Trinajstić information content (AvgIpc) is 2.82. The number of imidazole rings is 1. The van der Waals surface area contributed by atoms with E-state index >= 15 is 0 Å². The van der Waals surface area contributed by atoms with E-state index in [4.69, 9.17) is 5.11 Å². The van der Waals surface area contributed by atoms with Gasteiger partial charge in [-0.1, -0.05) is 12.1 Å². The number of nitrogens with zero attached hydrogens (tertiary/aromatic N) is 4. The van der Waals surface area contributed by atoms with Gasteiger partial charge in [0.2, 0.25) is 0 Å². The van der Waals surface area contributed by atoms with E-state index in [0.29, 0.717) is 17.2 Å².